The first-order chi connectivity index (χ1) is 9.45. The molecule has 0 saturated heterocycles. The molecule has 0 bridgehead atoms. The van der Waals surface area contributed by atoms with Crippen LogP contribution in [0.2, 0.25) is 0 Å². The van der Waals surface area contributed by atoms with Crippen molar-refractivity contribution in [2.24, 2.45) is 0 Å². The predicted octanol–water partition coefficient (Wildman–Crippen LogP) is 2.64. The molecule has 1 rings (SSSR count). The van der Waals surface area contributed by atoms with Crippen molar-refractivity contribution >= 4 is 49.5 Å². The fourth-order valence-electron chi connectivity index (χ4n) is 1.49. The molecular weight excluding hydrogens is 394 g/mol. The van der Waals surface area contributed by atoms with Crippen molar-refractivity contribution < 1.29 is 14.7 Å². The van der Waals surface area contributed by atoms with Crippen LogP contribution in [0.1, 0.15) is 16.8 Å². The zero-order chi connectivity index (χ0) is 15.1. The summed E-state index contributed by atoms with van der Waals surface area (Å²) in [6, 6.07) is 2.67. The minimum atomic E-state index is -1.11. The van der Waals surface area contributed by atoms with Crippen molar-refractivity contribution in [2.75, 3.05) is 25.5 Å². The summed E-state index contributed by atoms with van der Waals surface area (Å²) in [4.78, 5) is 22.9. The molecule has 110 valence electrons. The Labute approximate surface area is 133 Å². The molecule has 0 radical (unpaired) electrons. The normalized spacial score (nSPS) is 10.2. The first-order valence-electron chi connectivity index (χ1n) is 5.87. The minimum Gasteiger partial charge on any atom is -0.478 e. The molecule has 2 amide bonds. The summed E-state index contributed by atoms with van der Waals surface area (Å²) in [5.41, 5.74) is 0.239. The van der Waals surface area contributed by atoms with E-state index in [0.29, 0.717) is 15.5 Å². The molecule has 0 fully saturated rings. The van der Waals surface area contributed by atoms with Crippen molar-refractivity contribution in [3.05, 3.63) is 26.6 Å². The Kier molecular flexibility index (Phi) is 6.97. The molecule has 0 unspecified atom stereocenters. The van der Waals surface area contributed by atoms with Crippen LogP contribution in [0.3, 0.4) is 0 Å². The maximum atomic E-state index is 11.7. The van der Waals surface area contributed by atoms with Gasteiger partial charge in [0.1, 0.15) is 0 Å². The van der Waals surface area contributed by atoms with E-state index >= 15 is 0 Å². The summed E-state index contributed by atoms with van der Waals surface area (Å²) < 4.78 is 1.11. The lowest BCUT2D eigenvalue weighted by molar-refractivity contribution is 0.0698. The second-order valence-electron chi connectivity index (χ2n) is 3.95. The molecule has 8 heteroatoms. The van der Waals surface area contributed by atoms with E-state index in [2.05, 4.69) is 47.8 Å². The van der Waals surface area contributed by atoms with Crippen LogP contribution in [0, 0.1) is 0 Å². The lowest BCUT2D eigenvalue weighted by Gasteiger charge is -2.12. The number of carbonyl (C=O) groups excluding carboxylic acids is 1. The van der Waals surface area contributed by atoms with Crippen LogP contribution in [0.4, 0.5) is 10.5 Å². The van der Waals surface area contributed by atoms with Crippen molar-refractivity contribution in [2.45, 2.75) is 6.42 Å². The molecule has 0 aliphatic carbocycles. The number of carboxylic acids is 1. The number of halogens is 2. The summed E-state index contributed by atoms with van der Waals surface area (Å²) in [7, 11) is 1.83. The average Bonchev–Trinajstić information content (AvgIpc) is 2.37. The summed E-state index contributed by atoms with van der Waals surface area (Å²) >= 11 is 6.45. The third-order valence-electron chi connectivity index (χ3n) is 2.41. The topological polar surface area (TPSA) is 90.5 Å². The Morgan fingerprint density at radius 1 is 1.25 bits per heavy atom. The van der Waals surface area contributed by atoms with Crippen LogP contribution < -0.4 is 16.0 Å². The van der Waals surface area contributed by atoms with Crippen molar-refractivity contribution in [1.29, 1.82) is 0 Å². The van der Waals surface area contributed by atoms with Gasteiger partial charge in [-0.3, -0.25) is 0 Å². The van der Waals surface area contributed by atoms with E-state index < -0.39 is 12.0 Å². The highest BCUT2D eigenvalue weighted by atomic mass is 79.9. The van der Waals surface area contributed by atoms with E-state index in [0.717, 1.165) is 13.0 Å². The smallest absolute Gasteiger partial charge is 0.337 e. The summed E-state index contributed by atoms with van der Waals surface area (Å²) in [6.45, 7) is 1.30. The number of benzene rings is 1. The fourth-order valence-corrected chi connectivity index (χ4v) is 2.82. The number of anilines is 1. The molecule has 0 spiro atoms. The van der Waals surface area contributed by atoms with Gasteiger partial charge in [0, 0.05) is 15.5 Å². The third kappa shape index (κ3) is 5.10. The van der Waals surface area contributed by atoms with Gasteiger partial charge >= 0.3 is 12.0 Å². The van der Waals surface area contributed by atoms with Gasteiger partial charge in [-0.25, -0.2) is 9.59 Å². The number of urea groups is 1. The lowest BCUT2D eigenvalue weighted by Crippen LogP contribution is -2.31. The van der Waals surface area contributed by atoms with Crippen LogP contribution in [0.15, 0.2) is 21.1 Å². The van der Waals surface area contributed by atoms with E-state index in [-0.39, 0.29) is 11.3 Å². The van der Waals surface area contributed by atoms with E-state index in [1.54, 1.807) is 6.07 Å². The van der Waals surface area contributed by atoms with Crippen LogP contribution in [0.5, 0.6) is 0 Å². The summed E-state index contributed by atoms with van der Waals surface area (Å²) in [5.74, 6) is -1.11. The number of hydrogen-bond donors (Lipinski definition) is 4. The maximum Gasteiger partial charge on any atom is 0.337 e. The van der Waals surface area contributed by atoms with Gasteiger partial charge in [-0.2, -0.15) is 0 Å². The number of nitrogens with one attached hydrogen (secondary N) is 3. The molecule has 1 aromatic rings. The number of carboxylic acid groups (broad SMARTS) is 1. The number of hydrogen-bond acceptors (Lipinski definition) is 3. The van der Waals surface area contributed by atoms with Crippen LogP contribution >= 0.6 is 31.9 Å². The van der Waals surface area contributed by atoms with Gasteiger partial charge in [-0.15, -0.1) is 0 Å². The van der Waals surface area contributed by atoms with Gasteiger partial charge in [0.15, 0.2) is 0 Å². The molecular formula is C12H15Br2N3O3. The number of amides is 2. The average molecular weight is 409 g/mol. The third-order valence-corrected chi connectivity index (χ3v) is 3.50. The minimum absolute atomic E-state index is 0.0108. The van der Waals surface area contributed by atoms with E-state index in [1.165, 1.54) is 6.07 Å². The van der Waals surface area contributed by atoms with Crippen molar-refractivity contribution in [1.82, 2.24) is 10.6 Å². The number of rotatable bonds is 6. The highest BCUT2D eigenvalue weighted by Gasteiger charge is 2.16. The Bertz CT molecular complexity index is 509. The van der Waals surface area contributed by atoms with E-state index in [4.69, 9.17) is 5.11 Å². The SMILES string of the molecule is CNCCCNC(=O)Nc1c(Br)cc(Br)cc1C(=O)O. The Morgan fingerprint density at radius 3 is 2.55 bits per heavy atom. The second-order valence-corrected chi connectivity index (χ2v) is 5.72. The Hall–Kier alpha value is -1.12. The van der Waals surface area contributed by atoms with Crippen molar-refractivity contribution in [3.63, 3.8) is 0 Å². The molecule has 0 heterocycles. The molecule has 1 aromatic carbocycles. The molecule has 0 atom stereocenters. The van der Waals surface area contributed by atoms with Gasteiger partial charge in [0.25, 0.3) is 0 Å². The van der Waals surface area contributed by atoms with Gasteiger partial charge in [-0.05, 0) is 48.1 Å². The molecule has 0 aliphatic heterocycles. The van der Waals surface area contributed by atoms with Crippen molar-refractivity contribution in [3.8, 4) is 0 Å². The highest BCUT2D eigenvalue weighted by molar-refractivity contribution is 9.11. The molecule has 20 heavy (non-hydrogen) atoms. The zero-order valence-electron chi connectivity index (χ0n) is 10.8. The Balaban J connectivity index is 2.76. The van der Waals surface area contributed by atoms with E-state index in [1.807, 2.05) is 7.05 Å². The Morgan fingerprint density at radius 2 is 1.95 bits per heavy atom. The number of carbonyl (C=O) groups is 2. The van der Waals surface area contributed by atoms with Gasteiger partial charge in [0.05, 0.1) is 11.3 Å². The second kappa shape index (κ2) is 8.23. The predicted molar refractivity (Wildman–Crippen MR) is 84.4 cm³/mol. The molecule has 6 nitrogen and oxygen atoms in total. The maximum absolute atomic E-state index is 11.7. The van der Waals surface area contributed by atoms with Crippen LogP contribution in [-0.2, 0) is 0 Å². The highest BCUT2D eigenvalue weighted by Crippen LogP contribution is 2.30. The molecule has 0 aromatic heterocycles. The monoisotopic (exact) mass is 407 g/mol. The van der Waals surface area contributed by atoms with Crippen LogP contribution in [-0.4, -0.2) is 37.2 Å². The standard InChI is InChI=1S/C12H15Br2N3O3/c1-15-3-2-4-16-12(20)17-10-8(11(18)19)5-7(13)6-9(10)14/h5-6,15H,2-4H2,1H3,(H,18,19)(H2,16,17,20). The molecule has 0 aliphatic rings. The van der Waals surface area contributed by atoms with Crippen LogP contribution in [0.25, 0.3) is 0 Å². The summed E-state index contributed by atoms with van der Waals surface area (Å²) in [5, 5.41) is 17.3. The van der Waals surface area contributed by atoms with E-state index in [9.17, 15) is 9.59 Å². The fraction of sp³-hybridized carbons (Fsp3) is 0.333. The van der Waals surface area contributed by atoms with Gasteiger partial charge in [0.2, 0.25) is 0 Å². The zero-order valence-corrected chi connectivity index (χ0v) is 14.0. The largest absolute Gasteiger partial charge is 0.478 e. The first-order valence-corrected chi connectivity index (χ1v) is 7.46. The first kappa shape index (κ1) is 16.9. The number of aromatic carboxylic acids is 1. The molecule has 0 saturated carbocycles. The lowest BCUT2D eigenvalue weighted by atomic mass is 10.2. The molecule has 4 N–H and O–H groups in total. The van der Waals surface area contributed by atoms with Gasteiger partial charge in [-0.1, -0.05) is 15.9 Å². The summed E-state index contributed by atoms with van der Waals surface area (Å²) in [6.07, 6.45) is 0.789. The quantitative estimate of drug-likeness (QED) is 0.544. The van der Waals surface area contributed by atoms with Gasteiger partial charge < -0.3 is 21.1 Å².